The van der Waals surface area contributed by atoms with Gasteiger partial charge in [-0.25, -0.2) is 10.4 Å². The Labute approximate surface area is 166 Å². The molecule has 0 spiro atoms. The first kappa shape index (κ1) is 18.3. The highest BCUT2D eigenvalue weighted by molar-refractivity contribution is 5.81. The first-order valence-corrected chi connectivity index (χ1v) is 9.03. The van der Waals surface area contributed by atoms with E-state index in [2.05, 4.69) is 20.5 Å². The van der Waals surface area contributed by atoms with Gasteiger partial charge in [-0.15, -0.1) is 0 Å². The lowest BCUT2D eigenvalue weighted by Crippen LogP contribution is -2.16. The Bertz CT molecular complexity index is 1150. The molecule has 0 radical (unpaired) electrons. The third-order valence-electron chi connectivity index (χ3n) is 4.23. The number of hydrazone groups is 1. The zero-order valence-corrected chi connectivity index (χ0v) is 15.4. The predicted octanol–water partition coefficient (Wildman–Crippen LogP) is 2.92. The molecule has 0 unspecified atom stereocenters. The summed E-state index contributed by atoms with van der Waals surface area (Å²) in [5.41, 5.74) is 3.89. The number of benzene rings is 2. The van der Waals surface area contributed by atoms with E-state index in [1.54, 1.807) is 18.3 Å². The van der Waals surface area contributed by atoms with Gasteiger partial charge in [-0.1, -0.05) is 30.3 Å². The van der Waals surface area contributed by atoms with Crippen LogP contribution in [0.25, 0.3) is 11.3 Å². The van der Waals surface area contributed by atoms with Gasteiger partial charge in [-0.3, -0.25) is 9.78 Å². The molecule has 0 aliphatic carbocycles. The van der Waals surface area contributed by atoms with Crippen LogP contribution in [0.15, 0.2) is 58.4 Å². The first-order chi connectivity index (χ1) is 14.2. The first-order valence-electron chi connectivity index (χ1n) is 9.03. The Morgan fingerprint density at radius 1 is 1.14 bits per heavy atom. The minimum Gasteiger partial charge on any atom is -0.490 e. The van der Waals surface area contributed by atoms with E-state index in [0.717, 1.165) is 12.0 Å². The number of nitrogens with zero attached hydrogens (tertiary/aromatic N) is 3. The minimum atomic E-state index is -0.533. The smallest absolute Gasteiger partial charge is 0.270 e. The molecule has 0 amide bonds. The molecule has 2 aromatic carbocycles. The highest BCUT2D eigenvalue weighted by Crippen LogP contribution is 2.29. The number of ether oxygens (including phenoxy) is 2. The average Bonchev–Trinajstić information content (AvgIpc) is 2.99. The van der Waals surface area contributed by atoms with E-state index in [1.807, 2.05) is 42.5 Å². The second kappa shape index (κ2) is 8.27. The molecule has 29 heavy (non-hydrogen) atoms. The van der Waals surface area contributed by atoms with Gasteiger partial charge in [0, 0.05) is 12.0 Å². The molecule has 1 aliphatic heterocycles. The Kier molecular flexibility index (Phi) is 5.21. The summed E-state index contributed by atoms with van der Waals surface area (Å²) < 4.78 is 11.3. The maximum Gasteiger partial charge on any atom is 0.270 e. The second-order valence-electron chi connectivity index (χ2n) is 6.24. The fraction of sp³-hybridized carbons (Fsp3) is 0.143. The normalized spacial score (nSPS) is 12.9. The number of aromatic nitrogens is 2. The van der Waals surface area contributed by atoms with Gasteiger partial charge >= 0.3 is 0 Å². The lowest BCUT2D eigenvalue weighted by molar-refractivity contribution is 0.297. The van der Waals surface area contributed by atoms with Crippen molar-refractivity contribution >= 4 is 12.2 Å². The zero-order chi connectivity index (χ0) is 20.1. The molecular weight excluding hydrogens is 370 g/mol. The summed E-state index contributed by atoms with van der Waals surface area (Å²) in [6.45, 7) is 1.23. The van der Waals surface area contributed by atoms with Crippen molar-refractivity contribution in [3.63, 3.8) is 0 Å². The minimum absolute atomic E-state index is 0.0476. The van der Waals surface area contributed by atoms with Crippen LogP contribution < -0.4 is 20.5 Å². The number of hydrogen-bond donors (Lipinski definition) is 2. The van der Waals surface area contributed by atoms with E-state index in [-0.39, 0.29) is 11.5 Å². The van der Waals surface area contributed by atoms with Crippen LogP contribution in [0.4, 0.5) is 5.95 Å². The van der Waals surface area contributed by atoms with Crippen molar-refractivity contribution in [2.75, 3.05) is 18.6 Å². The topological polar surface area (TPSA) is 112 Å². The number of H-pyrrole nitrogens is 1. The van der Waals surface area contributed by atoms with Crippen LogP contribution in [0.1, 0.15) is 17.5 Å². The van der Waals surface area contributed by atoms with E-state index in [4.69, 9.17) is 9.47 Å². The van der Waals surface area contributed by atoms with Gasteiger partial charge in [0.15, 0.2) is 11.5 Å². The van der Waals surface area contributed by atoms with Crippen molar-refractivity contribution < 1.29 is 9.47 Å². The maximum atomic E-state index is 12.3. The highest BCUT2D eigenvalue weighted by Gasteiger charge is 2.13. The molecule has 0 fully saturated rings. The number of rotatable bonds is 4. The molecule has 0 atom stereocenters. The summed E-state index contributed by atoms with van der Waals surface area (Å²) in [7, 11) is 0. The quantitative estimate of drug-likeness (QED) is 0.526. The molecular formula is C21H17N5O3. The standard InChI is InChI=1S/C21H17N5O3/c22-12-16-19(15-5-2-1-3-6-15)24-21(25-20(16)27)26-23-13-14-7-8-17-18(11-14)29-10-4-9-28-17/h1-3,5-8,11,13H,4,9-10H2,(H2,24,25,26,27). The van der Waals surface area contributed by atoms with E-state index >= 15 is 0 Å². The maximum absolute atomic E-state index is 12.3. The lowest BCUT2D eigenvalue weighted by atomic mass is 10.1. The molecule has 2 heterocycles. The summed E-state index contributed by atoms with van der Waals surface area (Å²) in [5.74, 6) is 1.51. The molecule has 2 N–H and O–H groups in total. The molecule has 1 aromatic heterocycles. The monoisotopic (exact) mass is 387 g/mol. The summed E-state index contributed by atoms with van der Waals surface area (Å²) in [6.07, 6.45) is 2.41. The predicted molar refractivity (Wildman–Crippen MR) is 108 cm³/mol. The van der Waals surface area contributed by atoms with Crippen molar-refractivity contribution in [1.29, 1.82) is 5.26 Å². The van der Waals surface area contributed by atoms with Crippen LogP contribution in [-0.2, 0) is 0 Å². The molecule has 8 heteroatoms. The number of nitrogens with one attached hydrogen (secondary N) is 2. The van der Waals surface area contributed by atoms with Crippen LogP contribution in [0, 0.1) is 11.3 Å². The molecule has 1 aliphatic rings. The Balaban J connectivity index is 1.57. The molecule has 3 aromatic rings. The highest BCUT2D eigenvalue weighted by atomic mass is 16.5. The molecule has 0 saturated carbocycles. The van der Waals surface area contributed by atoms with E-state index in [1.165, 1.54) is 0 Å². The summed E-state index contributed by atoms with van der Waals surface area (Å²) >= 11 is 0. The number of fused-ring (bicyclic) bond motifs is 1. The van der Waals surface area contributed by atoms with Crippen LogP contribution >= 0.6 is 0 Å². The van der Waals surface area contributed by atoms with Gasteiger partial charge in [0.25, 0.3) is 5.56 Å². The Morgan fingerprint density at radius 2 is 1.93 bits per heavy atom. The van der Waals surface area contributed by atoms with E-state index in [9.17, 15) is 10.1 Å². The molecule has 8 nitrogen and oxygen atoms in total. The third kappa shape index (κ3) is 4.09. The molecule has 4 rings (SSSR count). The lowest BCUT2D eigenvalue weighted by Gasteiger charge is -2.07. The number of anilines is 1. The summed E-state index contributed by atoms with van der Waals surface area (Å²) in [5, 5.41) is 13.4. The van der Waals surface area contributed by atoms with Crippen molar-refractivity contribution in [2.24, 2.45) is 5.10 Å². The second-order valence-corrected chi connectivity index (χ2v) is 6.24. The van der Waals surface area contributed by atoms with Crippen LogP contribution in [-0.4, -0.2) is 29.4 Å². The Morgan fingerprint density at radius 3 is 2.72 bits per heavy atom. The van der Waals surface area contributed by atoms with Gasteiger partial charge in [0.2, 0.25) is 5.95 Å². The van der Waals surface area contributed by atoms with Crippen LogP contribution in [0.2, 0.25) is 0 Å². The van der Waals surface area contributed by atoms with Gasteiger partial charge in [0.1, 0.15) is 11.6 Å². The number of aromatic amines is 1. The SMILES string of the molecule is N#Cc1c(-c2ccccc2)nc(NN=Cc2ccc3c(c2)OCCCO3)[nH]c1=O. The molecule has 0 bridgehead atoms. The fourth-order valence-electron chi connectivity index (χ4n) is 2.86. The van der Waals surface area contributed by atoms with E-state index in [0.29, 0.717) is 36.0 Å². The summed E-state index contributed by atoms with van der Waals surface area (Å²) in [6, 6.07) is 16.5. The molecule has 0 saturated heterocycles. The van der Waals surface area contributed by atoms with Gasteiger partial charge < -0.3 is 9.47 Å². The zero-order valence-electron chi connectivity index (χ0n) is 15.4. The third-order valence-corrected chi connectivity index (χ3v) is 4.23. The van der Waals surface area contributed by atoms with Crippen molar-refractivity contribution in [1.82, 2.24) is 9.97 Å². The van der Waals surface area contributed by atoms with Crippen LogP contribution in [0.3, 0.4) is 0 Å². The van der Waals surface area contributed by atoms with Crippen molar-refractivity contribution in [3.8, 4) is 28.8 Å². The fourth-order valence-corrected chi connectivity index (χ4v) is 2.86. The Hall–Kier alpha value is -4.12. The molecule has 144 valence electrons. The van der Waals surface area contributed by atoms with Crippen molar-refractivity contribution in [2.45, 2.75) is 6.42 Å². The summed E-state index contributed by atoms with van der Waals surface area (Å²) in [4.78, 5) is 19.1. The van der Waals surface area contributed by atoms with Crippen LogP contribution in [0.5, 0.6) is 11.5 Å². The van der Waals surface area contributed by atoms with Gasteiger partial charge in [-0.05, 0) is 23.8 Å². The van der Waals surface area contributed by atoms with E-state index < -0.39 is 5.56 Å². The van der Waals surface area contributed by atoms with Gasteiger partial charge in [0.05, 0.1) is 25.1 Å². The van der Waals surface area contributed by atoms with Crippen molar-refractivity contribution in [3.05, 3.63) is 70.0 Å². The number of hydrogen-bond acceptors (Lipinski definition) is 7. The largest absolute Gasteiger partial charge is 0.490 e. The number of nitriles is 1. The average molecular weight is 387 g/mol. The van der Waals surface area contributed by atoms with Gasteiger partial charge in [-0.2, -0.15) is 10.4 Å².